The Morgan fingerprint density at radius 3 is 2.28 bits per heavy atom. The summed E-state index contributed by atoms with van der Waals surface area (Å²) in [6.45, 7) is 0. The highest BCUT2D eigenvalue weighted by Crippen LogP contribution is 2.21. The summed E-state index contributed by atoms with van der Waals surface area (Å²) in [6.07, 6.45) is 0. The summed E-state index contributed by atoms with van der Waals surface area (Å²) in [5.41, 5.74) is 12.9. The first-order valence-corrected chi connectivity index (χ1v) is 5.25. The number of rotatable bonds is 0. The van der Waals surface area contributed by atoms with Crippen LogP contribution in [0.3, 0.4) is 0 Å². The molecule has 0 aliphatic carbocycles. The van der Waals surface area contributed by atoms with Crippen LogP contribution in [0.5, 0.6) is 11.5 Å². The predicted molar refractivity (Wildman–Crippen MR) is 71.0 cm³/mol. The first kappa shape index (κ1) is 11.7. The van der Waals surface area contributed by atoms with Gasteiger partial charge in [0, 0.05) is 17.3 Å². The Hall–Kier alpha value is -2.80. The molecule has 0 unspecified atom stereocenters. The van der Waals surface area contributed by atoms with Gasteiger partial charge < -0.3 is 21.7 Å². The Bertz CT molecular complexity index is 655. The number of phenols is 2. The molecule has 0 heterocycles. The Morgan fingerprint density at radius 2 is 1.61 bits per heavy atom. The van der Waals surface area contributed by atoms with Crippen LogP contribution in [0.25, 0.3) is 0 Å². The number of phenolic OH excluding ortho intramolecular Hbond substituents is 2. The van der Waals surface area contributed by atoms with Gasteiger partial charge in [0.1, 0.15) is 11.5 Å². The van der Waals surface area contributed by atoms with Crippen LogP contribution in [0.1, 0.15) is 11.1 Å². The van der Waals surface area contributed by atoms with E-state index >= 15 is 0 Å². The van der Waals surface area contributed by atoms with Crippen LogP contribution in [0, 0.1) is 11.8 Å². The van der Waals surface area contributed by atoms with Gasteiger partial charge in [0.05, 0.1) is 11.3 Å². The zero-order valence-electron chi connectivity index (χ0n) is 9.51. The molecule has 6 N–H and O–H groups in total. The van der Waals surface area contributed by atoms with E-state index in [1.54, 1.807) is 24.3 Å². The molecule has 2 rings (SSSR count). The van der Waals surface area contributed by atoms with E-state index in [1.165, 1.54) is 12.1 Å². The van der Waals surface area contributed by atoms with Gasteiger partial charge in [0.2, 0.25) is 0 Å². The quantitative estimate of drug-likeness (QED) is 0.320. The SMILES string of the molecule is Nc1ccc(C#Cc2ccc(N)c(O)c2)c(O)c1. The van der Waals surface area contributed by atoms with Gasteiger partial charge in [-0.2, -0.15) is 0 Å². The lowest BCUT2D eigenvalue weighted by atomic mass is 10.1. The molecule has 90 valence electrons. The van der Waals surface area contributed by atoms with Crippen molar-refractivity contribution in [3.8, 4) is 23.3 Å². The van der Waals surface area contributed by atoms with E-state index in [0.717, 1.165) is 0 Å². The number of anilines is 2. The maximum Gasteiger partial charge on any atom is 0.139 e. The van der Waals surface area contributed by atoms with Gasteiger partial charge in [-0.05, 0) is 30.3 Å². The third kappa shape index (κ3) is 2.47. The summed E-state index contributed by atoms with van der Waals surface area (Å²) in [5, 5.41) is 19.0. The largest absolute Gasteiger partial charge is 0.507 e. The van der Waals surface area contributed by atoms with Crippen molar-refractivity contribution in [3.63, 3.8) is 0 Å². The standard InChI is InChI=1S/C14H12N2O2/c15-11-5-4-10(13(17)8-11)3-1-9-2-6-12(16)14(18)7-9/h2,4-8,17-18H,15-16H2. The molecular weight excluding hydrogens is 228 g/mol. The molecule has 4 nitrogen and oxygen atoms in total. The fourth-order valence-electron chi connectivity index (χ4n) is 1.42. The van der Waals surface area contributed by atoms with Crippen molar-refractivity contribution in [1.82, 2.24) is 0 Å². The predicted octanol–water partition coefficient (Wildman–Crippen LogP) is 1.66. The lowest BCUT2D eigenvalue weighted by Gasteiger charge is -1.99. The molecule has 2 aromatic carbocycles. The molecule has 0 aliphatic rings. The fourth-order valence-corrected chi connectivity index (χ4v) is 1.42. The molecule has 0 amide bonds. The second-order valence-corrected chi connectivity index (χ2v) is 3.80. The van der Waals surface area contributed by atoms with E-state index in [-0.39, 0.29) is 11.5 Å². The van der Waals surface area contributed by atoms with E-state index in [0.29, 0.717) is 22.5 Å². The van der Waals surface area contributed by atoms with Gasteiger partial charge in [-0.15, -0.1) is 0 Å². The molecule has 18 heavy (non-hydrogen) atoms. The summed E-state index contributed by atoms with van der Waals surface area (Å²) in [5.74, 6) is 5.64. The monoisotopic (exact) mass is 240 g/mol. The van der Waals surface area contributed by atoms with E-state index in [4.69, 9.17) is 11.5 Å². The van der Waals surface area contributed by atoms with Gasteiger partial charge in [0.25, 0.3) is 0 Å². The van der Waals surface area contributed by atoms with E-state index < -0.39 is 0 Å². The number of hydrogen-bond acceptors (Lipinski definition) is 4. The van der Waals surface area contributed by atoms with Crippen LogP contribution in [-0.4, -0.2) is 10.2 Å². The fraction of sp³-hybridized carbons (Fsp3) is 0. The van der Waals surface area contributed by atoms with Gasteiger partial charge in [-0.1, -0.05) is 11.8 Å². The number of aromatic hydroxyl groups is 2. The molecule has 0 saturated carbocycles. The smallest absolute Gasteiger partial charge is 0.139 e. The number of nitrogens with two attached hydrogens (primary N) is 2. The Labute approximate surface area is 104 Å². The second-order valence-electron chi connectivity index (χ2n) is 3.80. The molecule has 4 heteroatoms. The van der Waals surface area contributed by atoms with Crippen molar-refractivity contribution in [3.05, 3.63) is 47.5 Å². The van der Waals surface area contributed by atoms with Crippen LogP contribution in [0.4, 0.5) is 11.4 Å². The third-order valence-electron chi connectivity index (χ3n) is 2.39. The van der Waals surface area contributed by atoms with E-state index in [1.807, 2.05) is 0 Å². The minimum Gasteiger partial charge on any atom is -0.507 e. The van der Waals surface area contributed by atoms with Crippen molar-refractivity contribution in [2.45, 2.75) is 0 Å². The molecule has 0 spiro atoms. The maximum absolute atomic E-state index is 9.62. The highest BCUT2D eigenvalue weighted by atomic mass is 16.3. The molecule has 0 aliphatic heterocycles. The molecule has 0 atom stereocenters. The molecule has 0 aromatic heterocycles. The molecule has 0 saturated heterocycles. The molecule has 0 bridgehead atoms. The van der Waals surface area contributed by atoms with Crippen LogP contribution >= 0.6 is 0 Å². The summed E-state index contributed by atoms with van der Waals surface area (Å²) >= 11 is 0. The average Bonchev–Trinajstić information content (AvgIpc) is 2.32. The van der Waals surface area contributed by atoms with Gasteiger partial charge in [-0.25, -0.2) is 0 Å². The summed E-state index contributed by atoms with van der Waals surface area (Å²) in [6, 6.07) is 9.46. The van der Waals surface area contributed by atoms with Crippen LogP contribution in [0.15, 0.2) is 36.4 Å². The van der Waals surface area contributed by atoms with Crippen molar-refractivity contribution in [1.29, 1.82) is 0 Å². The first-order valence-electron chi connectivity index (χ1n) is 5.25. The lowest BCUT2D eigenvalue weighted by Crippen LogP contribution is -1.86. The highest BCUT2D eigenvalue weighted by Gasteiger charge is 1.99. The van der Waals surface area contributed by atoms with E-state index in [2.05, 4.69) is 11.8 Å². The number of benzene rings is 2. The topological polar surface area (TPSA) is 92.5 Å². The number of nitrogen functional groups attached to an aromatic ring is 2. The number of hydrogen-bond donors (Lipinski definition) is 4. The highest BCUT2D eigenvalue weighted by molar-refractivity contribution is 5.59. The summed E-state index contributed by atoms with van der Waals surface area (Å²) in [7, 11) is 0. The zero-order valence-corrected chi connectivity index (χ0v) is 9.51. The molecule has 0 radical (unpaired) electrons. The molecule has 2 aromatic rings. The van der Waals surface area contributed by atoms with Crippen molar-refractivity contribution < 1.29 is 10.2 Å². The molecule has 0 fully saturated rings. The average molecular weight is 240 g/mol. The first-order chi connectivity index (χ1) is 8.56. The van der Waals surface area contributed by atoms with Crippen molar-refractivity contribution in [2.75, 3.05) is 11.5 Å². The van der Waals surface area contributed by atoms with E-state index in [9.17, 15) is 10.2 Å². The second kappa shape index (κ2) is 4.60. The normalized spacial score (nSPS) is 9.56. The van der Waals surface area contributed by atoms with Crippen molar-refractivity contribution in [2.24, 2.45) is 0 Å². The maximum atomic E-state index is 9.62. The van der Waals surface area contributed by atoms with Gasteiger partial charge in [0.15, 0.2) is 0 Å². The van der Waals surface area contributed by atoms with Gasteiger partial charge in [-0.3, -0.25) is 0 Å². The van der Waals surface area contributed by atoms with Crippen molar-refractivity contribution >= 4 is 11.4 Å². The van der Waals surface area contributed by atoms with Crippen LogP contribution in [-0.2, 0) is 0 Å². The van der Waals surface area contributed by atoms with Crippen LogP contribution < -0.4 is 11.5 Å². The zero-order chi connectivity index (χ0) is 13.1. The lowest BCUT2D eigenvalue weighted by molar-refractivity contribution is 0.474. The van der Waals surface area contributed by atoms with Crippen LogP contribution in [0.2, 0.25) is 0 Å². The summed E-state index contributed by atoms with van der Waals surface area (Å²) < 4.78 is 0. The Balaban J connectivity index is 2.34. The minimum absolute atomic E-state index is 0.0108. The minimum atomic E-state index is -0.0108. The molecular formula is C14H12N2O2. The Morgan fingerprint density at radius 1 is 0.833 bits per heavy atom. The van der Waals surface area contributed by atoms with Gasteiger partial charge >= 0.3 is 0 Å². The third-order valence-corrected chi connectivity index (χ3v) is 2.39. The Kier molecular flexibility index (Phi) is 2.98. The summed E-state index contributed by atoms with van der Waals surface area (Å²) in [4.78, 5) is 0.